The Morgan fingerprint density at radius 2 is 2.06 bits per heavy atom. The normalized spacial score (nSPS) is 43.2. The molecule has 0 saturated carbocycles. The summed E-state index contributed by atoms with van der Waals surface area (Å²) in [6, 6.07) is 0. The molecule has 0 spiro atoms. The van der Waals surface area contributed by atoms with Gasteiger partial charge in [0.15, 0.2) is 0 Å². The molecule has 102 valence electrons. The number of aliphatic hydroxyl groups is 4. The number of alkyl halides is 2. The van der Waals surface area contributed by atoms with Crippen molar-refractivity contribution >= 4 is 7.60 Å². The third kappa shape index (κ3) is 2.00. The van der Waals surface area contributed by atoms with Crippen molar-refractivity contribution in [3.05, 3.63) is 0 Å². The molecule has 1 aliphatic rings. The van der Waals surface area contributed by atoms with Crippen molar-refractivity contribution in [2.24, 2.45) is 0 Å². The maximum absolute atomic E-state index is 13.5. The topological polar surface area (TPSA) is 148 Å². The second-order valence-electron chi connectivity index (χ2n) is 3.53. The van der Waals surface area contributed by atoms with Gasteiger partial charge in [-0.2, -0.15) is 8.78 Å². The predicted octanol–water partition coefficient (Wildman–Crippen LogP) is -2.44. The molecule has 0 aliphatic carbocycles. The summed E-state index contributed by atoms with van der Waals surface area (Å²) in [4.78, 5) is 11.7. The molecule has 1 heterocycles. The molecule has 11 heteroatoms. The minimum Gasteiger partial charge on any atom is -0.394 e. The third-order valence-corrected chi connectivity index (χ3v) is 3.43. The zero-order chi connectivity index (χ0) is 14.4. The van der Waals surface area contributed by atoms with Gasteiger partial charge in [-0.3, -0.25) is 4.57 Å². The quantitative estimate of drug-likeness (QED) is 0.311. The molecule has 6 N–H and O–H groups in total. The monoisotopic (exact) mass is 281 g/mol. The summed E-state index contributed by atoms with van der Waals surface area (Å²) in [5.41, 5.74) is -5.09. The highest BCUT2D eigenvalue weighted by Crippen LogP contribution is 2.61. The molecule has 17 heavy (non-hydrogen) atoms. The van der Waals surface area contributed by atoms with Gasteiger partial charge in [0.2, 0.25) is 1.43 Å². The summed E-state index contributed by atoms with van der Waals surface area (Å²) in [6.45, 7) is -1.03. The number of halogens is 2. The van der Waals surface area contributed by atoms with E-state index in [-0.39, 0.29) is 0 Å². The Labute approximate surface area is 94.7 Å². The summed E-state index contributed by atoms with van der Waals surface area (Å²) < 4.78 is 48.2. The predicted molar refractivity (Wildman–Crippen MR) is 45.9 cm³/mol. The Morgan fingerprint density at radius 3 is 2.41 bits per heavy atom. The Bertz CT molecular complexity index is 369. The number of hydrogen-bond acceptors (Lipinski definition) is 7. The van der Waals surface area contributed by atoms with Crippen LogP contribution >= 0.6 is 7.60 Å². The van der Waals surface area contributed by atoms with Crippen molar-refractivity contribution < 1.29 is 48.3 Å². The highest BCUT2D eigenvalue weighted by molar-refractivity contribution is 7.53. The first kappa shape index (κ1) is 13.2. The highest BCUT2D eigenvalue weighted by atomic mass is 31.2. The molecular formula is C6H11F2O8P. The van der Waals surface area contributed by atoms with E-state index in [4.69, 9.17) is 11.4 Å². The van der Waals surface area contributed by atoms with Crippen LogP contribution in [-0.2, 0) is 9.30 Å². The van der Waals surface area contributed by atoms with Gasteiger partial charge < -0.3 is 35.0 Å². The van der Waals surface area contributed by atoms with Crippen LogP contribution in [0.1, 0.15) is 0 Å². The van der Waals surface area contributed by atoms with E-state index >= 15 is 0 Å². The molecule has 5 atom stereocenters. The van der Waals surface area contributed by atoms with Crippen molar-refractivity contribution in [2.45, 2.75) is 29.8 Å². The van der Waals surface area contributed by atoms with E-state index in [9.17, 15) is 28.7 Å². The largest absolute Gasteiger partial charge is 0.400 e. The van der Waals surface area contributed by atoms with Crippen LogP contribution in [0, 0.1) is 0 Å². The number of rotatable bonds is 4. The van der Waals surface area contributed by atoms with Crippen LogP contribution < -0.4 is 0 Å². The van der Waals surface area contributed by atoms with Crippen LogP contribution in [0.25, 0.3) is 0 Å². The smallest absolute Gasteiger partial charge is 0.394 e. The van der Waals surface area contributed by atoms with Crippen molar-refractivity contribution in [2.75, 3.05) is 6.61 Å². The van der Waals surface area contributed by atoms with Gasteiger partial charge in [0.05, 0.1) is 6.61 Å². The maximum atomic E-state index is 13.5. The Hall–Kier alpha value is -0.190. The lowest BCUT2D eigenvalue weighted by Crippen LogP contribution is -2.56. The lowest BCUT2D eigenvalue weighted by atomic mass is 10.1. The van der Waals surface area contributed by atoms with Crippen molar-refractivity contribution in [3.8, 4) is 0 Å². The van der Waals surface area contributed by atoms with Crippen LogP contribution in [-0.4, -0.2) is 68.0 Å². The van der Waals surface area contributed by atoms with E-state index < -0.39 is 44.0 Å². The Morgan fingerprint density at radius 1 is 1.53 bits per heavy atom. The van der Waals surface area contributed by atoms with Gasteiger partial charge >= 0.3 is 13.3 Å². The lowest BCUT2D eigenvalue weighted by molar-refractivity contribution is -0.309. The molecule has 0 aromatic carbocycles. The standard InChI is InChI=1S/C6H11F2O8P/c7-6(8,17(13,14)15)5(12)4(11)3(10)2(1-9)16-5/h2-4,9-12H,1H2,(H2,13,14,15)/t2-,3-,4+,5?/m1/s1/i/hD. The van der Waals surface area contributed by atoms with Gasteiger partial charge in [0.25, 0.3) is 5.79 Å². The summed E-state index contributed by atoms with van der Waals surface area (Å²) in [5.74, 6) is -3.97. The van der Waals surface area contributed by atoms with E-state index in [0.717, 1.165) is 0 Å². The highest BCUT2D eigenvalue weighted by Gasteiger charge is 2.74. The van der Waals surface area contributed by atoms with Gasteiger partial charge in [-0.1, -0.05) is 0 Å². The van der Waals surface area contributed by atoms with Crippen molar-refractivity contribution in [1.82, 2.24) is 0 Å². The average Bonchev–Trinajstić information content (AvgIpc) is 2.54. The summed E-state index contributed by atoms with van der Waals surface area (Å²) in [6.07, 6.45) is -6.58. The van der Waals surface area contributed by atoms with Gasteiger partial charge in [-0.15, -0.1) is 0 Å². The SMILES string of the molecule is [2H]OP(=O)(O)C(F)(F)C1(O)O[C@H](CO)[C@@H](O)[C@@H]1O. The number of hydrogen-bond donors (Lipinski definition) is 6. The second kappa shape index (κ2) is 4.18. The molecular weight excluding hydrogens is 269 g/mol. The van der Waals surface area contributed by atoms with Crippen LogP contribution in [0.5, 0.6) is 0 Å². The summed E-state index contributed by atoms with van der Waals surface area (Å²) in [5, 5.41) is 36.6. The Balaban J connectivity index is 3.19. The zero-order valence-electron chi connectivity index (χ0n) is 9.10. The van der Waals surface area contributed by atoms with Crippen LogP contribution in [0.15, 0.2) is 0 Å². The van der Waals surface area contributed by atoms with E-state index in [2.05, 4.69) is 9.63 Å². The molecule has 0 aromatic heterocycles. The molecule has 2 unspecified atom stereocenters. The molecule has 0 amide bonds. The van der Waals surface area contributed by atoms with Crippen molar-refractivity contribution in [3.63, 3.8) is 0 Å². The molecule has 0 radical (unpaired) electrons. The van der Waals surface area contributed by atoms with Gasteiger partial charge in [-0.25, -0.2) is 0 Å². The molecule has 1 rings (SSSR count). The van der Waals surface area contributed by atoms with Crippen molar-refractivity contribution in [1.29, 1.82) is 1.43 Å². The molecule has 1 fully saturated rings. The zero-order valence-corrected chi connectivity index (χ0v) is 9.00. The molecule has 1 saturated heterocycles. The van der Waals surface area contributed by atoms with E-state index in [0.29, 0.717) is 0 Å². The van der Waals surface area contributed by atoms with Gasteiger partial charge in [-0.05, 0) is 0 Å². The fourth-order valence-corrected chi connectivity index (χ4v) is 1.99. The Kier molecular flexibility index (Phi) is 3.26. The van der Waals surface area contributed by atoms with Crippen LogP contribution in [0.4, 0.5) is 8.78 Å². The number of ether oxygens (including phenoxy) is 1. The minimum absolute atomic E-state index is 1.03. The second-order valence-corrected chi connectivity index (χ2v) is 5.13. The van der Waals surface area contributed by atoms with E-state index in [1.165, 1.54) is 0 Å². The van der Waals surface area contributed by atoms with Gasteiger partial charge in [0, 0.05) is 0 Å². The average molecular weight is 281 g/mol. The third-order valence-electron chi connectivity index (χ3n) is 2.40. The summed E-state index contributed by atoms with van der Waals surface area (Å²) in [7, 11) is -5.99. The first-order valence-corrected chi connectivity index (χ1v) is 5.85. The molecule has 1 aliphatic heterocycles. The minimum atomic E-state index is -5.99. The molecule has 0 bridgehead atoms. The first-order valence-electron chi connectivity index (χ1n) is 4.68. The fraction of sp³-hybridized carbons (Fsp3) is 1.00. The first-order chi connectivity index (χ1) is 8.05. The lowest BCUT2D eigenvalue weighted by Gasteiger charge is -2.33. The summed E-state index contributed by atoms with van der Waals surface area (Å²) >= 11 is 0. The van der Waals surface area contributed by atoms with Crippen LogP contribution in [0.3, 0.4) is 0 Å². The fourth-order valence-electron chi connectivity index (χ4n) is 1.40. The molecule has 0 aromatic rings. The molecule has 8 nitrogen and oxygen atoms in total. The number of aliphatic hydroxyl groups excluding tert-OH is 3. The van der Waals surface area contributed by atoms with Crippen LogP contribution in [0.2, 0.25) is 0 Å². The maximum Gasteiger partial charge on any atom is 0.400 e. The van der Waals surface area contributed by atoms with E-state index in [1.54, 1.807) is 0 Å². The van der Waals surface area contributed by atoms with Gasteiger partial charge in [0.1, 0.15) is 18.3 Å². The van der Waals surface area contributed by atoms with E-state index in [1.807, 2.05) is 0 Å².